The zero-order valence-corrected chi connectivity index (χ0v) is 11.5. The standard InChI is InChI=1S/C17H19NO/c1-3-13-9-10-15(18-12-13)11-17(19)16-8-6-5-7-14(16)4-2/h5-10,12H,3-4,11H2,1-2H3. The molecule has 1 aromatic heterocycles. The normalized spacial score (nSPS) is 10.4. The first-order chi connectivity index (χ1) is 9.24. The van der Waals surface area contributed by atoms with Crippen LogP contribution in [0.5, 0.6) is 0 Å². The molecule has 2 nitrogen and oxygen atoms in total. The lowest BCUT2D eigenvalue weighted by Gasteiger charge is -2.06. The van der Waals surface area contributed by atoms with Crippen molar-refractivity contribution in [1.29, 1.82) is 0 Å². The lowest BCUT2D eigenvalue weighted by molar-refractivity contribution is 0.0991. The van der Waals surface area contributed by atoms with Crippen molar-refractivity contribution >= 4 is 5.78 Å². The Morgan fingerprint density at radius 1 is 1.05 bits per heavy atom. The molecule has 19 heavy (non-hydrogen) atoms. The van der Waals surface area contributed by atoms with Crippen molar-refractivity contribution in [3.8, 4) is 0 Å². The molecule has 0 N–H and O–H groups in total. The molecule has 2 rings (SSSR count). The van der Waals surface area contributed by atoms with E-state index in [9.17, 15) is 4.79 Å². The first-order valence-corrected chi connectivity index (χ1v) is 6.79. The maximum atomic E-state index is 12.3. The number of carbonyl (C=O) groups is 1. The Morgan fingerprint density at radius 3 is 2.47 bits per heavy atom. The molecule has 0 radical (unpaired) electrons. The third kappa shape index (κ3) is 3.28. The van der Waals surface area contributed by atoms with E-state index in [4.69, 9.17) is 0 Å². The number of benzene rings is 1. The topological polar surface area (TPSA) is 30.0 Å². The molecule has 0 atom stereocenters. The van der Waals surface area contributed by atoms with Crippen molar-refractivity contribution in [2.24, 2.45) is 0 Å². The average Bonchev–Trinajstić information content (AvgIpc) is 2.48. The molecular formula is C17H19NO. The van der Waals surface area contributed by atoms with Crippen LogP contribution in [0.3, 0.4) is 0 Å². The molecular weight excluding hydrogens is 234 g/mol. The van der Waals surface area contributed by atoms with E-state index in [-0.39, 0.29) is 5.78 Å². The van der Waals surface area contributed by atoms with Crippen molar-refractivity contribution in [3.05, 3.63) is 65.0 Å². The van der Waals surface area contributed by atoms with Crippen LogP contribution < -0.4 is 0 Å². The molecule has 0 saturated heterocycles. The quantitative estimate of drug-likeness (QED) is 0.762. The Balaban J connectivity index is 2.16. The number of rotatable bonds is 5. The molecule has 2 aromatic rings. The number of aromatic nitrogens is 1. The Kier molecular flexibility index (Phi) is 4.45. The highest BCUT2D eigenvalue weighted by Crippen LogP contribution is 2.13. The number of hydrogen-bond acceptors (Lipinski definition) is 2. The molecule has 0 bridgehead atoms. The van der Waals surface area contributed by atoms with Gasteiger partial charge in [-0.25, -0.2) is 0 Å². The number of pyridine rings is 1. The van der Waals surface area contributed by atoms with Gasteiger partial charge in [0.2, 0.25) is 0 Å². The summed E-state index contributed by atoms with van der Waals surface area (Å²) in [6.45, 7) is 4.17. The number of aryl methyl sites for hydroxylation is 2. The molecule has 0 spiro atoms. The van der Waals surface area contributed by atoms with Crippen LogP contribution in [-0.4, -0.2) is 10.8 Å². The summed E-state index contributed by atoms with van der Waals surface area (Å²) < 4.78 is 0. The largest absolute Gasteiger partial charge is 0.294 e. The van der Waals surface area contributed by atoms with Crippen LogP contribution in [0.4, 0.5) is 0 Å². The van der Waals surface area contributed by atoms with Gasteiger partial charge in [-0.2, -0.15) is 0 Å². The molecule has 1 heterocycles. The van der Waals surface area contributed by atoms with Gasteiger partial charge in [0.1, 0.15) is 0 Å². The van der Waals surface area contributed by atoms with Crippen LogP contribution in [0.15, 0.2) is 42.6 Å². The van der Waals surface area contributed by atoms with Gasteiger partial charge in [-0.05, 0) is 30.0 Å². The first kappa shape index (κ1) is 13.5. The fourth-order valence-corrected chi connectivity index (χ4v) is 2.13. The van der Waals surface area contributed by atoms with Gasteiger partial charge in [0.15, 0.2) is 5.78 Å². The summed E-state index contributed by atoms with van der Waals surface area (Å²) >= 11 is 0. The van der Waals surface area contributed by atoms with Gasteiger partial charge in [0, 0.05) is 17.5 Å². The zero-order chi connectivity index (χ0) is 13.7. The van der Waals surface area contributed by atoms with Crippen molar-refractivity contribution < 1.29 is 4.79 Å². The van der Waals surface area contributed by atoms with Crippen molar-refractivity contribution in [2.45, 2.75) is 33.1 Å². The van der Waals surface area contributed by atoms with Gasteiger partial charge in [0.25, 0.3) is 0 Å². The lowest BCUT2D eigenvalue weighted by atomic mass is 9.99. The van der Waals surface area contributed by atoms with Crippen molar-refractivity contribution in [3.63, 3.8) is 0 Å². The first-order valence-electron chi connectivity index (χ1n) is 6.79. The van der Waals surface area contributed by atoms with Gasteiger partial charge in [-0.15, -0.1) is 0 Å². The molecule has 0 aliphatic heterocycles. The average molecular weight is 253 g/mol. The summed E-state index contributed by atoms with van der Waals surface area (Å²) in [5.41, 5.74) is 3.97. The number of carbonyl (C=O) groups excluding carboxylic acids is 1. The second kappa shape index (κ2) is 6.28. The lowest BCUT2D eigenvalue weighted by Crippen LogP contribution is -2.08. The predicted molar refractivity (Wildman–Crippen MR) is 77.5 cm³/mol. The van der Waals surface area contributed by atoms with Crippen LogP contribution in [0.25, 0.3) is 0 Å². The molecule has 0 aliphatic carbocycles. The fraction of sp³-hybridized carbons (Fsp3) is 0.294. The minimum Gasteiger partial charge on any atom is -0.294 e. The molecule has 0 aliphatic rings. The second-order valence-corrected chi connectivity index (χ2v) is 4.62. The van der Waals surface area contributed by atoms with Gasteiger partial charge in [-0.3, -0.25) is 9.78 Å². The van der Waals surface area contributed by atoms with E-state index < -0.39 is 0 Å². The van der Waals surface area contributed by atoms with Crippen LogP contribution >= 0.6 is 0 Å². The van der Waals surface area contributed by atoms with Crippen molar-refractivity contribution in [2.75, 3.05) is 0 Å². The van der Waals surface area contributed by atoms with E-state index in [0.717, 1.165) is 29.7 Å². The molecule has 0 amide bonds. The molecule has 1 aromatic carbocycles. The summed E-state index contributed by atoms with van der Waals surface area (Å²) in [4.78, 5) is 16.7. The summed E-state index contributed by atoms with van der Waals surface area (Å²) in [6.07, 6.45) is 4.08. The van der Waals surface area contributed by atoms with Crippen LogP contribution in [-0.2, 0) is 19.3 Å². The number of nitrogens with zero attached hydrogens (tertiary/aromatic N) is 1. The maximum absolute atomic E-state index is 12.3. The monoisotopic (exact) mass is 253 g/mol. The summed E-state index contributed by atoms with van der Waals surface area (Å²) in [7, 11) is 0. The summed E-state index contributed by atoms with van der Waals surface area (Å²) in [5, 5.41) is 0. The van der Waals surface area contributed by atoms with E-state index in [2.05, 4.69) is 18.8 Å². The van der Waals surface area contributed by atoms with E-state index in [1.807, 2.05) is 42.6 Å². The van der Waals surface area contributed by atoms with E-state index in [1.165, 1.54) is 5.56 Å². The van der Waals surface area contributed by atoms with Gasteiger partial charge >= 0.3 is 0 Å². The Morgan fingerprint density at radius 2 is 1.84 bits per heavy atom. The predicted octanol–water partition coefficient (Wildman–Crippen LogP) is 3.63. The van der Waals surface area contributed by atoms with Crippen LogP contribution in [0.1, 0.15) is 41.0 Å². The molecule has 0 saturated carbocycles. The number of hydrogen-bond donors (Lipinski definition) is 0. The van der Waals surface area contributed by atoms with Crippen molar-refractivity contribution in [1.82, 2.24) is 4.98 Å². The van der Waals surface area contributed by atoms with Crippen LogP contribution in [0, 0.1) is 0 Å². The SMILES string of the molecule is CCc1ccc(CC(=O)c2ccccc2CC)nc1. The third-order valence-electron chi connectivity index (χ3n) is 3.33. The Hall–Kier alpha value is -1.96. The highest BCUT2D eigenvalue weighted by Gasteiger charge is 2.11. The van der Waals surface area contributed by atoms with E-state index in [0.29, 0.717) is 6.42 Å². The zero-order valence-electron chi connectivity index (χ0n) is 11.5. The molecule has 0 unspecified atom stereocenters. The number of Topliss-reactive ketones (excluding diaryl/α,β-unsaturated/α-hetero) is 1. The Bertz CT molecular complexity index is 558. The molecule has 0 fully saturated rings. The highest BCUT2D eigenvalue weighted by atomic mass is 16.1. The summed E-state index contributed by atoms with van der Waals surface area (Å²) in [6, 6.07) is 11.8. The molecule has 2 heteroatoms. The van der Waals surface area contributed by atoms with Gasteiger partial charge in [0.05, 0.1) is 6.42 Å². The van der Waals surface area contributed by atoms with Gasteiger partial charge in [-0.1, -0.05) is 44.2 Å². The molecule has 98 valence electrons. The Labute approximate surface area is 114 Å². The highest BCUT2D eigenvalue weighted by molar-refractivity contribution is 5.98. The van der Waals surface area contributed by atoms with E-state index >= 15 is 0 Å². The summed E-state index contributed by atoms with van der Waals surface area (Å²) in [5.74, 6) is 0.147. The smallest absolute Gasteiger partial charge is 0.169 e. The fourth-order valence-electron chi connectivity index (χ4n) is 2.13. The minimum absolute atomic E-state index is 0.147. The van der Waals surface area contributed by atoms with E-state index in [1.54, 1.807) is 0 Å². The third-order valence-corrected chi connectivity index (χ3v) is 3.33. The van der Waals surface area contributed by atoms with Gasteiger partial charge < -0.3 is 0 Å². The van der Waals surface area contributed by atoms with Crippen LogP contribution in [0.2, 0.25) is 0 Å². The second-order valence-electron chi connectivity index (χ2n) is 4.62. The minimum atomic E-state index is 0.147. The number of ketones is 1. The maximum Gasteiger partial charge on any atom is 0.169 e.